The van der Waals surface area contributed by atoms with Crippen molar-refractivity contribution in [2.45, 2.75) is 26.3 Å². The first-order valence-corrected chi connectivity index (χ1v) is 6.69. The van der Waals surface area contributed by atoms with Crippen LogP contribution in [0.25, 0.3) is 0 Å². The normalized spacial score (nSPS) is 19.6. The summed E-state index contributed by atoms with van der Waals surface area (Å²) in [5, 5.41) is 8.70. The molecule has 18 heavy (non-hydrogen) atoms. The second-order valence-corrected chi connectivity index (χ2v) is 5.10. The van der Waals surface area contributed by atoms with Gasteiger partial charge in [-0.1, -0.05) is 30.9 Å². The van der Waals surface area contributed by atoms with Crippen LogP contribution in [0.5, 0.6) is 0 Å². The summed E-state index contributed by atoms with van der Waals surface area (Å²) in [5.41, 5.74) is 2.38. The van der Waals surface area contributed by atoms with Crippen molar-refractivity contribution in [3.05, 3.63) is 35.4 Å². The number of aliphatic hydroxyl groups excluding tert-OH is 1. The molecule has 0 saturated carbocycles. The molecule has 0 amide bonds. The van der Waals surface area contributed by atoms with Crippen LogP contribution in [-0.4, -0.2) is 29.7 Å². The number of hydrogen-bond donors (Lipinski definition) is 1. The number of nitrogens with zero attached hydrogens (tertiary/aromatic N) is 1. The highest BCUT2D eigenvalue weighted by Gasteiger charge is 2.18. The van der Waals surface area contributed by atoms with Gasteiger partial charge >= 0.3 is 0 Å². The highest BCUT2D eigenvalue weighted by Crippen LogP contribution is 2.18. The number of likely N-dealkylation sites (tertiary alicyclic amines) is 1. The van der Waals surface area contributed by atoms with Crippen LogP contribution < -0.4 is 0 Å². The van der Waals surface area contributed by atoms with Crippen molar-refractivity contribution >= 4 is 0 Å². The minimum atomic E-state index is 0.137. The molecule has 1 aromatic carbocycles. The summed E-state index contributed by atoms with van der Waals surface area (Å²) in [6.45, 7) is 5.90. The van der Waals surface area contributed by atoms with Crippen LogP contribution in [0.1, 0.15) is 30.9 Å². The summed E-state index contributed by atoms with van der Waals surface area (Å²) in [5.74, 6) is 6.89. The van der Waals surface area contributed by atoms with Crippen LogP contribution in [0.3, 0.4) is 0 Å². The molecule has 1 fully saturated rings. The fourth-order valence-electron chi connectivity index (χ4n) is 2.40. The standard InChI is InChI=1S/C16H21NO/c1-14-8-9-17(12-14)13-16-7-4-6-15(11-16)5-2-3-10-18/h4,6-7,11,14,18H,3,8-10,12-13H2,1H3. The Morgan fingerprint density at radius 2 is 2.33 bits per heavy atom. The van der Waals surface area contributed by atoms with E-state index in [1.54, 1.807) is 0 Å². The third kappa shape index (κ3) is 3.87. The van der Waals surface area contributed by atoms with Crippen LogP contribution in [0.2, 0.25) is 0 Å². The first-order valence-electron chi connectivity index (χ1n) is 6.69. The molecule has 0 aliphatic carbocycles. The van der Waals surface area contributed by atoms with Gasteiger partial charge in [0.15, 0.2) is 0 Å². The van der Waals surface area contributed by atoms with E-state index >= 15 is 0 Å². The molecular weight excluding hydrogens is 222 g/mol. The van der Waals surface area contributed by atoms with Crippen molar-refractivity contribution in [1.29, 1.82) is 0 Å². The topological polar surface area (TPSA) is 23.5 Å². The van der Waals surface area contributed by atoms with E-state index in [0.717, 1.165) is 18.0 Å². The zero-order valence-corrected chi connectivity index (χ0v) is 11.0. The average molecular weight is 243 g/mol. The molecule has 0 bridgehead atoms. The van der Waals surface area contributed by atoms with Crippen molar-refractivity contribution in [1.82, 2.24) is 4.90 Å². The molecule has 1 atom stereocenters. The highest BCUT2D eigenvalue weighted by atomic mass is 16.2. The van der Waals surface area contributed by atoms with Gasteiger partial charge in [0.2, 0.25) is 0 Å². The number of hydrogen-bond acceptors (Lipinski definition) is 2. The third-order valence-corrected chi connectivity index (χ3v) is 3.31. The van der Waals surface area contributed by atoms with Gasteiger partial charge in [-0.3, -0.25) is 4.90 Å². The van der Waals surface area contributed by atoms with Gasteiger partial charge in [-0.25, -0.2) is 0 Å². The van der Waals surface area contributed by atoms with E-state index in [4.69, 9.17) is 5.11 Å². The third-order valence-electron chi connectivity index (χ3n) is 3.31. The van der Waals surface area contributed by atoms with Crippen molar-refractivity contribution < 1.29 is 5.11 Å². The Labute approximate surface area is 110 Å². The van der Waals surface area contributed by atoms with Crippen molar-refractivity contribution in [2.75, 3.05) is 19.7 Å². The van der Waals surface area contributed by atoms with Gasteiger partial charge in [-0.15, -0.1) is 0 Å². The van der Waals surface area contributed by atoms with E-state index in [9.17, 15) is 0 Å². The largest absolute Gasteiger partial charge is 0.395 e. The first-order chi connectivity index (χ1) is 8.78. The molecule has 0 spiro atoms. The molecule has 1 aliphatic heterocycles. The van der Waals surface area contributed by atoms with Gasteiger partial charge in [0.05, 0.1) is 6.61 Å². The van der Waals surface area contributed by atoms with Crippen LogP contribution in [0, 0.1) is 17.8 Å². The molecule has 1 N–H and O–H groups in total. The number of benzene rings is 1. The number of rotatable bonds is 3. The highest BCUT2D eigenvalue weighted by molar-refractivity contribution is 5.37. The molecule has 2 rings (SSSR count). The van der Waals surface area contributed by atoms with E-state index in [1.807, 2.05) is 6.07 Å². The minimum Gasteiger partial charge on any atom is -0.395 e. The summed E-state index contributed by atoms with van der Waals surface area (Å²) in [6, 6.07) is 8.42. The van der Waals surface area contributed by atoms with Gasteiger partial charge in [-0.05, 0) is 36.6 Å². The van der Waals surface area contributed by atoms with E-state index in [0.29, 0.717) is 6.42 Å². The van der Waals surface area contributed by atoms with Gasteiger partial charge < -0.3 is 5.11 Å². The molecule has 1 aromatic rings. The fourth-order valence-corrected chi connectivity index (χ4v) is 2.40. The lowest BCUT2D eigenvalue weighted by molar-refractivity contribution is 0.305. The zero-order valence-electron chi connectivity index (χ0n) is 11.0. The molecule has 1 aliphatic rings. The minimum absolute atomic E-state index is 0.137. The van der Waals surface area contributed by atoms with Crippen LogP contribution in [-0.2, 0) is 6.54 Å². The maximum absolute atomic E-state index is 8.70. The molecule has 1 saturated heterocycles. The summed E-state index contributed by atoms with van der Waals surface area (Å²) in [4.78, 5) is 2.50. The van der Waals surface area contributed by atoms with Crippen molar-refractivity contribution in [2.24, 2.45) is 5.92 Å². The molecular formula is C16H21NO. The van der Waals surface area contributed by atoms with E-state index in [-0.39, 0.29) is 6.61 Å². The van der Waals surface area contributed by atoms with Crippen molar-refractivity contribution in [3.63, 3.8) is 0 Å². The second-order valence-electron chi connectivity index (χ2n) is 5.10. The maximum atomic E-state index is 8.70. The van der Waals surface area contributed by atoms with Crippen LogP contribution in [0.15, 0.2) is 24.3 Å². The first kappa shape index (κ1) is 13.1. The Morgan fingerprint density at radius 1 is 1.44 bits per heavy atom. The Bertz CT molecular complexity index is 444. The summed E-state index contributed by atoms with van der Waals surface area (Å²) in [7, 11) is 0. The van der Waals surface area contributed by atoms with E-state index in [1.165, 1.54) is 25.1 Å². The Hall–Kier alpha value is -1.30. The van der Waals surface area contributed by atoms with Gasteiger partial charge in [0.1, 0.15) is 0 Å². The summed E-state index contributed by atoms with van der Waals surface area (Å²) >= 11 is 0. The van der Waals surface area contributed by atoms with Crippen LogP contribution >= 0.6 is 0 Å². The molecule has 1 heterocycles. The Kier molecular flexibility index (Phi) is 4.81. The summed E-state index contributed by atoms with van der Waals surface area (Å²) < 4.78 is 0. The molecule has 2 heteroatoms. The predicted molar refractivity (Wildman–Crippen MR) is 74.1 cm³/mol. The monoisotopic (exact) mass is 243 g/mol. The lowest BCUT2D eigenvalue weighted by atomic mass is 10.1. The maximum Gasteiger partial charge on any atom is 0.0540 e. The van der Waals surface area contributed by atoms with Crippen LogP contribution in [0.4, 0.5) is 0 Å². The Morgan fingerprint density at radius 3 is 3.06 bits per heavy atom. The molecule has 0 aromatic heterocycles. The van der Waals surface area contributed by atoms with Gasteiger partial charge in [-0.2, -0.15) is 0 Å². The van der Waals surface area contributed by atoms with E-state index in [2.05, 4.69) is 41.9 Å². The van der Waals surface area contributed by atoms with E-state index < -0.39 is 0 Å². The molecule has 0 radical (unpaired) electrons. The van der Waals surface area contributed by atoms with Crippen molar-refractivity contribution in [3.8, 4) is 11.8 Å². The fraction of sp³-hybridized carbons (Fsp3) is 0.500. The van der Waals surface area contributed by atoms with Gasteiger partial charge in [0, 0.05) is 25.1 Å². The zero-order chi connectivity index (χ0) is 12.8. The summed E-state index contributed by atoms with van der Waals surface area (Å²) in [6.07, 6.45) is 1.86. The number of aliphatic hydroxyl groups is 1. The smallest absolute Gasteiger partial charge is 0.0540 e. The van der Waals surface area contributed by atoms with Gasteiger partial charge in [0.25, 0.3) is 0 Å². The molecule has 1 unspecified atom stereocenters. The SMILES string of the molecule is CC1CCN(Cc2cccc(C#CCCO)c2)C1. The lowest BCUT2D eigenvalue weighted by Crippen LogP contribution is -2.19. The average Bonchev–Trinajstić information content (AvgIpc) is 2.76. The molecule has 2 nitrogen and oxygen atoms in total. The Balaban J connectivity index is 1.97. The quantitative estimate of drug-likeness (QED) is 0.823. The second kappa shape index (κ2) is 6.58. The molecule has 96 valence electrons. The lowest BCUT2D eigenvalue weighted by Gasteiger charge is -2.15. The predicted octanol–water partition coefficient (Wildman–Crippen LogP) is 2.26.